The topological polar surface area (TPSA) is 93.1 Å². The molecule has 2 aromatic carbocycles. The van der Waals surface area contributed by atoms with Crippen LogP contribution in [-0.2, 0) is 25.0 Å². The van der Waals surface area contributed by atoms with E-state index in [-0.39, 0.29) is 14.8 Å². The Hall–Kier alpha value is -2.42. The molecule has 1 aliphatic rings. The Morgan fingerprint density at radius 3 is 2.00 bits per heavy atom. The molecule has 0 saturated carbocycles. The highest BCUT2D eigenvalue weighted by Crippen LogP contribution is 2.28. The van der Waals surface area contributed by atoms with E-state index < -0.39 is 21.8 Å². The van der Waals surface area contributed by atoms with Crippen molar-refractivity contribution in [2.45, 2.75) is 43.9 Å². The third-order valence-corrected chi connectivity index (χ3v) is 6.57. The number of carbonyl (C=O) groups is 1. The average molecular weight is 434 g/mol. The molecule has 0 aromatic heterocycles. The Morgan fingerprint density at radius 2 is 1.50 bits per heavy atom. The molecule has 0 aliphatic carbocycles. The number of rotatable bonds is 5. The molecule has 0 unspecified atom stereocenters. The molecular weight excluding hydrogens is 406 g/mol. The van der Waals surface area contributed by atoms with Gasteiger partial charge in [0.25, 0.3) is 15.9 Å². The van der Waals surface area contributed by atoms with Crippen molar-refractivity contribution in [3.05, 3.63) is 54.1 Å². The normalized spacial score (nSPS) is 15.6. The van der Waals surface area contributed by atoms with Gasteiger partial charge in [0.2, 0.25) is 0 Å². The van der Waals surface area contributed by atoms with Gasteiger partial charge in [0.1, 0.15) is 11.5 Å². The second kappa shape index (κ2) is 8.75. The zero-order valence-corrected chi connectivity index (χ0v) is 18.2. The summed E-state index contributed by atoms with van der Waals surface area (Å²) in [5, 5.41) is 10.1. The molecular formula is C22H27NO6S. The van der Waals surface area contributed by atoms with E-state index in [0.717, 1.165) is 0 Å². The minimum absolute atomic E-state index is 0.0345. The molecule has 1 aliphatic heterocycles. The van der Waals surface area contributed by atoms with E-state index in [1.807, 2.05) is 24.3 Å². The van der Waals surface area contributed by atoms with Crippen LogP contribution in [0.1, 0.15) is 39.2 Å². The molecule has 0 atom stereocenters. The Labute approximate surface area is 177 Å². The van der Waals surface area contributed by atoms with Gasteiger partial charge in [-0.25, -0.2) is 0 Å². The standard InChI is InChI=1S/C22H27NO6S/c1-22(2,3)17-4-6-18(7-5-17)29-19-8-10-20(11-9-19)30(26,27)23(25)21(24)16-12-14-28-15-13-16/h4-11,16,25H,12-15H2,1-3H3. The van der Waals surface area contributed by atoms with Crippen LogP contribution >= 0.6 is 0 Å². The lowest BCUT2D eigenvalue weighted by Gasteiger charge is -2.24. The molecule has 2 aromatic rings. The predicted octanol–water partition coefficient (Wildman–Crippen LogP) is 4.11. The smallest absolute Gasteiger partial charge is 0.289 e. The number of ether oxygens (including phenoxy) is 2. The third-order valence-electron chi connectivity index (χ3n) is 5.06. The lowest BCUT2D eigenvalue weighted by Crippen LogP contribution is -2.40. The summed E-state index contributed by atoms with van der Waals surface area (Å²) in [5.74, 6) is -0.343. The number of hydrogen-bond donors (Lipinski definition) is 1. The van der Waals surface area contributed by atoms with E-state index in [4.69, 9.17) is 9.47 Å². The molecule has 1 N–H and O–H groups in total. The molecule has 0 spiro atoms. The lowest BCUT2D eigenvalue weighted by molar-refractivity contribution is -0.153. The maximum Gasteiger partial charge on any atom is 0.289 e. The largest absolute Gasteiger partial charge is 0.457 e. The molecule has 1 heterocycles. The highest BCUT2D eigenvalue weighted by molar-refractivity contribution is 7.89. The van der Waals surface area contributed by atoms with Crippen LogP contribution in [0.25, 0.3) is 0 Å². The second-order valence-electron chi connectivity index (χ2n) is 8.32. The van der Waals surface area contributed by atoms with Crippen molar-refractivity contribution >= 4 is 15.9 Å². The number of hydrogen-bond acceptors (Lipinski definition) is 6. The molecule has 1 fully saturated rings. The van der Waals surface area contributed by atoms with Gasteiger partial charge in [0.15, 0.2) is 0 Å². The molecule has 1 amide bonds. The molecule has 0 bridgehead atoms. The van der Waals surface area contributed by atoms with Crippen molar-refractivity contribution < 1.29 is 27.9 Å². The lowest BCUT2D eigenvalue weighted by atomic mass is 9.87. The second-order valence-corrected chi connectivity index (χ2v) is 10.1. The van der Waals surface area contributed by atoms with Crippen molar-refractivity contribution in [3.63, 3.8) is 0 Å². The molecule has 7 nitrogen and oxygen atoms in total. The van der Waals surface area contributed by atoms with Crippen LogP contribution < -0.4 is 4.74 Å². The van der Waals surface area contributed by atoms with Gasteiger partial charge in [-0.15, -0.1) is 4.47 Å². The molecule has 30 heavy (non-hydrogen) atoms. The van der Waals surface area contributed by atoms with Gasteiger partial charge in [-0.2, -0.15) is 8.42 Å². The van der Waals surface area contributed by atoms with Crippen LogP contribution in [0.15, 0.2) is 53.4 Å². The van der Waals surface area contributed by atoms with Crippen LogP contribution in [0.5, 0.6) is 11.5 Å². The molecule has 8 heteroatoms. The molecule has 1 saturated heterocycles. The predicted molar refractivity (Wildman–Crippen MR) is 111 cm³/mol. The summed E-state index contributed by atoms with van der Waals surface area (Å²) in [6.07, 6.45) is 0.762. The van der Waals surface area contributed by atoms with Crippen molar-refractivity contribution in [2.24, 2.45) is 5.92 Å². The number of hydroxylamine groups is 1. The first-order valence-electron chi connectivity index (χ1n) is 9.83. The van der Waals surface area contributed by atoms with E-state index >= 15 is 0 Å². The maximum absolute atomic E-state index is 12.6. The van der Waals surface area contributed by atoms with E-state index in [1.54, 1.807) is 0 Å². The number of nitrogens with zero attached hydrogens (tertiary/aromatic N) is 1. The van der Waals surface area contributed by atoms with Gasteiger partial charge in [0, 0.05) is 19.1 Å². The zero-order valence-electron chi connectivity index (χ0n) is 17.4. The zero-order chi connectivity index (χ0) is 21.9. The quantitative estimate of drug-likeness (QED) is 0.563. The number of sulfonamides is 1. The Bertz CT molecular complexity index is 972. The summed E-state index contributed by atoms with van der Waals surface area (Å²) in [6.45, 7) is 7.11. The van der Waals surface area contributed by atoms with Gasteiger partial charge in [-0.1, -0.05) is 32.9 Å². The highest BCUT2D eigenvalue weighted by atomic mass is 32.2. The summed E-state index contributed by atoms with van der Waals surface area (Å²) in [4.78, 5) is 12.1. The molecule has 162 valence electrons. The summed E-state index contributed by atoms with van der Waals surface area (Å²) in [7, 11) is -4.36. The monoisotopic (exact) mass is 433 g/mol. The maximum atomic E-state index is 12.6. The first-order chi connectivity index (χ1) is 14.1. The number of carbonyl (C=O) groups excluding carboxylic acids is 1. The van der Waals surface area contributed by atoms with Gasteiger partial charge in [-0.05, 0) is 60.2 Å². The van der Waals surface area contributed by atoms with Crippen LogP contribution in [0.4, 0.5) is 0 Å². The van der Waals surface area contributed by atoms with Crippen molar-refractivity contribution in [3.8, 4) is 11.5 Å². The van der Waals surface area contributed by atoms with Crippen molar-refractivity contribution in [1.82, 2.24) is 4.47 Å². The average Bonchev–Trinajstić information content (AvgIpc) is 2.73. The Kier molecular flexibility index (Phi) is 6.50. The first kappa shape index (κ1) is 22.3. The van der Waals surface area contributed by atoms with Crippen molar-refractivity contribution in [2.75, 3.05) is 13.2 Å². The van der Waals surface area contributed by atoms with Crippen LogP contribution in [0.2, 0.25) is 0 Å². The minimum Gasteiger partial charge on any atom is -0.457 e. The van der Waals surface area contributed by atoms with Crippen LogP contribution in [0, 0.1) is 5.92 Å². The van der Waals surface area contributed by atoms with E-state index in [2.05, 4.69) is 20.8 Å². The fraction of sp³-hybridized carbons (Fsp3) is 0.409. The summed E-state index contributed by atoms with van der Waals surface area (Å²) >= 11 is 0. The van der Waals surface area contributed by atoms with Gasteiger partial charge in [-0.3, -0.25) is 10.0 Å². The number of benzene rings is 2. The molecule has 0 radical (unpaired) electrons. The Balaban J connectivity index is 1.70. The SMILES string of the molecule is CC(C)(C)c1ccc(Oc2ccc(S(=O)(=O)N(O)C(=O)C3CCOCC3)cc2)cc1. The fourth-order valence-electron chi connectivity index (χ4n) is 3.16. The summed E-state index contributed by atoms with van der Waals surface area (Å²) < 4.78 is 36.0. The Morgan fingerprint density at radius 1 is 1.00 bits per heavy atom. The van der Waals surface area contributed by atoms with Crippen molar-refractivity contribution in [1.29, 1.82) is 0 Å². The van der Waals surface area contributed by atoms with E-state index in [1.165, 1.54) is 29.8 Å². The van der Waals surface area contributed by atoms with Gasteiger partial charge < -0.3 is 9.47 Å². The van der Waals surface area contributed by atoms with Gasteiger partial charge >= 0.3 is 0 Å². The highest BCUT2D eigenvalue weighted by Gasteiger charge is 2.34. The first-order valence-corrected chi connectivity index (χ1v) is 11.3. The summed E-state index contributed by atoms with van der Waals surface area (Å²) in [6, 6.07) is 13.2. The fourth-order valence-corrected chi connectivity index (χ4v) is 4.22. The van der Waals surface area contributed by atoms with E-state index in [0.29, 0.717) is 37.6 Å². The third kappa shape index (κ3) is 5.00. The number of amides is 1. The van der Waals surface area contributed by atoms with Crippen LogP contribution in [0.3, 0.4) is 0 Å². The molecule has 3 rings (SSSR count). The minimum atomic E-state index is -4.36. The van der Waals surface area contributed by atoms with E-state index in [9.17, 15) is 18.4 Å². The summed E-state index contributed by atoms with van der Waals surface area (Å²) in [5.41, 5.74) is 1.21. The van der Waals surface area contributed by atoms with Crippen LogP contribution in [-0.4, -0.2) is 37.2 Å². The van der Waals surface area contributed by atoms with Gasteiger partial charge in [0.05, 0.1) is 4.90 Å².